The molecule has 0 saturated heterocycles. The molecule has 0 aliphatic heterocycles. The van der Waals surface area contributed by atoms with Crippen molar-refractivity contribution in [1.82, 2.24) is 5.32 Å². The molecule has 128 valence electrons. The number of carbonyl (C=O) groups excluding carboxylic acids is 1. The highest BCUT2D eigenvalue weighted by atomic mass is 16.5. The standard InChI is InChI=1S/C20H25NO3/c1-4-19(16-8-12-17(23-3)13-9-16)21-20(22)14-15-6-10-18(11-7-15)24-5-2/h6-13,19H,4-5,14H2,1-3H3,(H,21,22). The van der Waals surface area contributed by atoms with Crippen LogP contribution in [0, 0.1) is 0 Å². The maximum Gasteiger partial charge on any atom is 0.224 e. The van der Waals surface area contributed by atoms with Crippen LogP contribution in [-0.4, -0.2) is 19.6 Å². The van der Waals surface area contributed by atoms with E-state index in [1.54, 1.807) is 7.11 Å². The molecule has 0 radical (unpaired) electrons. The lowest BCUT2D eigenvalue weighted by Crippen LogP contribution is -2.29. The van der Waals surface area contributed by atoms with Crippen LogP contribution >= 0.6 is 0 Å². The second kappa shape index (κ2) is 8.96. The Kier molecular flexibility index (Phi) is 6.67. The molecular weight excluding hydrogens is 302 g/mol. The molecule has 2 aromatic rings. The lowest BCUT2D eigenvalue weighted by atomic mass is 10.0. The molecule has 0 aromatic heterocycles. The second-order valence-corrected chi connectivity index (χ2v) is 5.56. The summed E-state index contributed by atoms with van der Waals surface area (Å²) in [7, 11) is 1.64. The molecule has 24 heavy (non-hydrogen) atoms. The van der Waals surface area contributed by atoms with E-state index in [0.717, 1.165) is 29.0 Å². The number of carbonyl (C=O) groups is 1. The predicted molar refractivity (Wildman–Crippen MR) is 95.5 cm³/mol. The number of benzene rings is 2. The van der Waals surface area contributed by atoms with E-state index in [0.29, 0.717) is 13.0 Å². The van der Waals surface area contributed by atoms with Gasteiger partial charge in [0.1, 0.15) is 11.5 Å². The van der Waals surface area contributed by atoms with E-state index in [-0.39, 0.29) is 11.9 Å². The van der Waals surface area contributed by atoms with Gasteiger partial charge in [0.25, 0.3) is 0 Å². The SMILES string of the molecule is CCOc1ccc(CC(=O)NC(CC)c2ccc(OC)cc2)cc1. The van der Waals surface area contributed by atoms with Gasteiger partial charge in [0, 0.05) is 0 Å². The molecule has 1 unspecified atom stereocenters. The predicted octanol–water partition coefficient (Wildman–Crippen LogP) is 3.90. The van der Waals surface area contributed by atoms with Gasteiger partial charge in [-0.05, 0) is 48.7 Å². The van der Waals surface area contributed by atoms with Gasteiger partial charge in [0.15, 0.2) is 0 Å². The van der Waals surface area contributed by atoms with E-state index in [4.69, 9.17) is 9.47 Å². The van der Waals surface area contributed by atoms with Crippen LogP contribution in [0.25, 0.3) is 0 Å². The van der Waals surface area contributed by atoms with Crippen LogP contribution in [0.1, 0.15) is 37.4 Å². The molecule has 1 amide bonds. The summed E-state index contributed by atoms with van der Waals surface area (Å²) in [6, 6.07) is 15.5. The highest BCUT2D eigenvalue weighted by Crippen LogP contribution is 2.20. The summed E-state index contributed by atoms with van der Waals surface area (Å²) in [5.74, 6) is 1.66. The fraction of sp³-hybridized carbons (Fsp3) is 0.350. The van der Waals surface area contributed by atoms with E-state index in [1.165, 1.54) is 0 Å². The summed E-state index contributed by atoms with van der Waals surface area (Å²) in [6.07, 6.45) is 1.19. The van der Waals surface area contributed by atoms with E-state index in [1.807, 2.05) is 55.5 Å². The molecule has 4 heteroatoms. The van der Waals surface area contributed by atoms with Crippen molar-refractivity contribution in [2.24, 2.45) is 0 Å². The summed E-state index contributed by atoms with van der Waals surface area (Å²) in [5.41, 5.74) is 2.05. The van der Waals surface area contributed by atoms with Crippen LogP contribution in [0.15, 0.2) is 48.5 Å². The summed E-state index contributed by atoms with van der Waals surface area (Å²) >= 11 is 0. The van der Waals surface area contributed by atoms with Crippen LogP contribution in [0.4, 0.5) is 0 Å². The number of ether oxygens (including phenoxy) is 2. The minimum Gasteiger partial charge on any atom is -0.497 e. The van der Waals surface area contributed by atoms with Gasteiger partial charge in [0.05, 0.1) is 26.2 Å². The highest BCUT2D eigenvalue weighted by Gasteiger charge is 2.13. The van der Waals surface area contributed by atoms with Crippen LogP contribution in [0.2, 0.25) is 0 Å². The summed E-state index contributed by atoms with van der Waals surface area (Å²) in [4.78, 5) is 12.3. The molecule has 0 aliphatic carbocycles. The van der Waals surface area contributed by atoms with Crippen LogP contribution in [0.3, 0.4) is 0 Å². The van der Waals surface area contributed by atoms with Gasteiger partial charge in [-0.15, -0.1) is 0 Å². The fourth-order valence-corrected chi connectivity index (χ4v) is 2.56. The molecule has 0 saturated carbocycles. The van der Waals surface area contributed by atoms with Crippen molar-refractivity contribution < 1.29 is 14.3 Å². The summed E-state index contributed by atoms with van der Waals surface area (Å²) in [5, 5.41) is 3.10. The van der Waals surface area contributed by atoms with Crippen LogP contribution < -0.4 is 14.8 Å². The van der Waals surface area contributed by atoms with E-state index < -0.39 is 0 Å². The number of nitrogens with one attached hydrogen (secondary N) is 1. The van der Waals surface area contributed by atoms with Crippen molar-refractivity contribution in [3.63, 3.8) is 0 Å². The monoisotopic (exact) mass is 327 g/mol. The van der Waals surface area contributed by atoms with Crippen molar-refractivity contribution in [1.29, 1.82) is 0 Å². The zero-order valence-electron chi connectivity index (χ0n) is 14.5. The van der Waals surface area contributed by atoms with Crippen molar-refractivity contribution in [2.75, 3.05) is 13.7 Å². The van der Waals surface area contributed by atoms with Crippen LogP contribution in [0.5, 0.6) is 11.5 Å². The Morgan fingerprint density at radius 1 is 1.00 bits per heavy atom. The average molecular weight is 327 g/mol. The highest BCUT2D eigenvalue weighted by molar-refractivity contribution is 5.79. The summed E-state index contributed by atoms with van der Waals surface area (Å²) < 4.78 is 10.6. The van der Waals surface area contributed by atoms with Gasteiger partial charge in [-0.2, -0.15) is 0 Å². The Morgan fingerprint density at radius 3 is 2.17 bits per heavy atom. The quantitative estimate of drug-likeness (QED) is 0.800. The van der Waals surface area contributed by atoms with Gasteiger partial charge in [-0.25, -0.2) is 0 Å². The third-order valence-electron chi connectivity index (χ3n) is 3.86. The molecule has 0 aliphatic rings. The van der Waals surface area contributed by atoms with Gasteiger partial charge in [0.2, 0.25) is 5.91 Å². The first-order valence-corrected chi connectivity index (χ1v) is 8.31. The molecule has 1 N–H and O–H groups in total. The first-order chi connectivity index (χ1) is 11.7. The Balaban J connectivity index is 1.95. The van der Waals surface area contributed by atoms with Crippen molar-refractivity contribution >= 4 is 5.91 Å². The van der Waals surface area contributed by atoms with Gasteiger partial charge >= 0.3 is 0 Å². The lowest BCUT2D eigenvalue weighted by Gasteiger charge is -2.18. The Hall–Kier alpha value is -2.49. The van der Waals surface area contributed by atoms with Gasteiger partial charge < -0.3 is 14.8 Å². The number of amides is 1. The third-order valence-corrected chi connectivity index (χ3v) is 3.86. The molecule has 2 aromatic carbocycles. The second-order valence-electron chi connectivity index (χ2n) is 5.56. The maximum absolute atomic E-state index is 12.3. The van der Waals surface area contributed by atoms with Crippen molar-refractivity contribution in [3.05, 3.63) is 59.7 Å². The first kappa shape index (κ1) is 17.9. The molecule has 4 nitrogen and oxygen atoms in total. The molecule has 0 bridgehead atoms. The Bertz CT molecular complexity index is 635. The number of hydrogen-bond acceptors (Lipinski definition) is 3. The van der Waals surface area contributed by atoms with E-state index in [9.17, 15) is 4.79 Å². The molecule has 0 heterocycles. The molecule has 0 spiro atoms. The number of methoxy groups -OCH3 is 1. The topological polar surface area (TPSA) is 47.6 Å². The van der Waals surface area contributed by atoms with Gasteiger partial charge in [-0.1, -0.05) is 31.2 Å². The lowest BCUT2D eigenvalue weighted by molar-refractivity contribution is -0.121. The minimum absolute atomic E-state index is 0.00565. The Labute approximate surface area is 143 Å². The minimum atomic E-state index is 0.00565. The molecular formula is C20H25NO3. The van der Waals surface area contributed by atoms with Crippen molar-refractivity contribution in [3.8, 4) is 11.5 Å². The normalized spacial score (nSPS) is 11.6. The first-order valence-electron chi connectivity index (χ1n) is 8.31. The molecule has 2 rings (SSSR count). The van der Waals surface area contributed by atoms with Crippen molar-refractivity contribution in [2.45, 2.75) is 32.7 Å². The Morgan fingerprint density at radius 2 is 1.62 bits per heavy atom. The average Bonchev–Trinajstić information content (AvgIpc) is 2.62. The zero-order valence-corrected chi connectivity index (χ0v) is 14.5. The van der Waals surface area contributed by atoms with Crippen LogP contribution in [-0.2, 0) is 11.2 Å². The largest absolute Gasteiger partial charge is 0.497 e. The maximum atomic E-state index is 12.3. The number of hydrogen-bond donors (Lipinski definition) is 1. The zero-order chi connectivity index (χ0) is 17.4. The summed E-state index contributed by atoms with van der Waals surface area (Å²) in [6.45, 7) is 4.65. The fourth-order valence-electron chi connectivity index (χ4n) is 2.56. The van der Waals surface area contributed by atoms with E-state index in [2.05, 4.69) is 12.2 Å². The smallest absolute Gasteiger partial charge is 0.224 e. The van der Waals surface area contributed by atoms with E-state index >= 15 is 0 Å². The molecule has 0 fully saturated rings. The number of rotatable bonds is 8. The molecule has 1 atom stereocenters. The third kappa shape index (κ3) is 5.01. The van der Waals surface area contributed by atoms with Gasteiger partial charge in [-0.3, -0.25) is 4.79 Å².